The molecule has 2 atom stereocenters. The first-order valence-corrected chi connectivity index (χ1v) is 7.76. The average molecular weight is 308 g/mol. The fraction of sp³-hybridized carbons (Fsp3) is 0.625. The molecule has 1 aliphatic heterocycles. The number of likely N-dealkylation sites (tertiary alicyclic amines) is 1. The molecule has 0 aliphatic carbocycles. The third kappa shape index (κ3) is 4.10. The molecule has 2 N–H and O–H groups in total. The number of nitrogens with zero attached hydrogens (tertiary/aromatic N) is 1. The average Bonchev–Trinajstić information content (AvgIpc) is 3.15. The van der Waals surface area contributed by atoms with Crippen molar-refractivity contribution in [3.8, 4) is 0 Å². The molecule has 1 fully saturated rings. The van der Waals surface area contributed by atoms with E-state index in [0.29, 0.717) is 25.3 Å². The first kappa shape index (κ1) is 16.5. The number of aliphatic hydroxyl groups is 1. The predicted octanol–water partition coefficient (Wildman–Crippen LogP) is 1.29. The SMILES string of the molecule is CC(C)C(O)CC(=O)N1CCCC1C(=O)NCc1ccco1. The van der Waals surface area contributed by atoms with Crippen molar-refractivity contribution in [1.29, 1.82) is 0 Å². The van der Waals surface area contributed by atoms with E-state index in [4.69, 9.17) is 4.42 Å². The monoisotopic (exact) mass is 308 g/mol. The highest BCUT2D eigenvalue weighted by molar-refractivity contribution is 5.88. The number of hydrogen-bond donors (Lipinski definition) is 2. The molecule has 0 bridgehead atoms. The van der Waals surface area contributed by atoms with E-state index in [-0.39, 0.29) is 24.2 Å². The molecule has 0 radical (unpaired) electrons. The standard InChI is InChI=1S/C16H24N2O4/c1-11(2)14(19)9-15(20)18-7-3-6-13(18)16(21)17-10-12-5-4-8-22-12/h4-5,8,11,13-14,19H,3,6-7,9-10H2,1-2H3,(H,17,21). The molecular weight excluding hydrogens is 284 g/mol. The van der Waals surface area contributed by atoms with Crippen LogP contribution in [0.4, 0.5) is 0 Å². The van der Waals surface area contributed by atoms with Gasteiger partial charge in [0.2, 0.25) is 11.8 Å². The Morgan fingerprint density at radius 3 is 2.91 bits per heavy atom. The normalized spacial score (nSPS) is 19.5. The van der Waals surface area contributed by atoms with Crippen LogP contribution in [-0.4, -0.2) is 40.5 Å². The summed E-state index contributed by atoms with van der Waals surface area (Å²) in [5.41, 5.74) is 0. The maximum atomic E-state index is 12.3. The fourth-order valence-corrected chi connectivity index (χ4v) is 2.57. The van der Waals surface area contributed by atoms with Crippen molar-refractivity contribution in [2.45, 2.75) is 51.8 Å². The second kappa shape index (κ2) is 7.45. The summed E-state index contributed by atoms with van der Waals surface area (Å²) < 4.78 is 5.17. The number of carbonyl (C=O) groups excluding carboxylic acids is 2. The smallest absolute Gasteiger partial charge is 0.243 e. The summed E-state index contributed by atoms with van der Waals surface area (Å²) in [6.45, 7) is 4.63. The Morgan fingerprint density at radius 2 is 2.27 bits per heavy atom. The molecule has 6 heteroatoms. The molecule has 0 spiro atoms. The van der Waals surface area contributed by atoms with Crippen molar-refractivity contribution < 1.29 is 19.1 Å². The van der Waals surface area contributed by atoms with Gasteiger partial charge in [-0.25, -0.2) is 0 Å². The van der Waals surface area contributed by atoms with Gasteiger partial charge in [-0.15, -0.1) is 0 Å². The second-order valence-corrected chi connectivity index (χ2v) is 6.06. The first-order chi connectivity index (χ1) is 10.5. The molecule has 1 aromatic rings. The summed E-state index contributed by atoms with van der Waals surface area (Å²) in [6, 6.07) is 3.11. The highest BCUT2D eigenvalue weighted by Crippen LogP contribution is 2.20. The summed E-state index contributed by atoms with van der Waals surface area (Å²) in [5.74, 6) is 0.385. The number of hydrogen-bond acceptors (Lipinski definition) is 4. The van der Waals surface area contributed by atoms with Gasteiger partial charge in [0.25, 0.3) is 0 Å². The van der Waals surface area contributed by atoms with Crippen LogP contribution in [0.1, 0.15) is 38.9 Å². The zero-order valence-corrected chi connectivity index (χ0v) is 13.1. The third-order valence-electron chi connectivity index (χ3n) is 4.05. The molecule has 2 heterocycles. The minimum Gasteiger partial charge on any atom is -0.467 e. The molecule has 2 unspecified atom stereocenters. The zero-order valence-electron chi connectivity index (χ0n) is 13.1. The van der Waals surface area contributed by atoms with Crippen molar-refractivity contribution in [2.75, 3.05) is 6.54 Å². The maximum Gasteiger partial charge on any atom is 0.243 e. The van der Waals surface area contributed by atoms with E-state index < -0.39 is 12.1 Å². The topological polar surface area (TPSA) is 82.8 Å². The largest absolute Gasteiger partial charge is 0.467 e. The van der Waals surface area contributed by atoms with Gasteiger partial charge in [0.15, 0.2) is 0 Å². The van der Waals surface area contributed by atoms with E-state index >= 15 is 0 Å². The summed E-state index contributed by atoms with van der Waals surface area (Å²) in [7, 11) is 0. The second-order valence-electron chi connectivity index (χ2n) is 6.06. The van der Waals surface area contributed by atoms with Gasteiger partial charge in [-0.05, 0) is 30.9 Å². The Kier molecular flexibility index (Phi) is 5.60. The Bertz CT molecular complexity index is 498. The Morgan fingerprint density at radius 1 is 1.50 bits per heavy atom. The Hall–Kier alpha value is -1.82. The van der Waals surface area contributed by atoms with Crippen LogP contribution >= 0.6 is 0 Å². The van der Waals surface area contributed by atoms with E-state index in [1.54, 1.807) is 23.3 Å². The lowest BCUT2D eigenvalue weighted by Crippen LogP contribution is -2.46. The molecule has 0 saturated carbocycles. The van der Waals surface area contributed by atoms with Crippen LogP contribution in [0.2, 0.25) is 0 Å². The van der Waals surface area contributed by atoms with Crippen LogP contribution < -0.4 is 5.32 Å². The van der Waals surface area contributed by atoms with Crippen molar-refractivity contribution in [3.05, 3.63) is 24.2 Å². The lowest BCUT2D eigenvalue weighted by Gasteiger charge is -2.25. The quantitative estimate of drug-likeness (QED) is 0.829. The van der Waals surface area contributed by atoms with Gasteiger partial charge in [-0.1, -0.05) is 13.8 Å². The molecule has 6 nitrogen and oxygen atoms in total. The van der Waals surface area contributed by atoms with E-state index in [0.717, 1.165) is 6.42 Å². The van der Waals surface area contributed by atoms with Crippen LogP contribution in [0.3, 0.4) is 0 Å². The molecule has 22 heavy (non-hydrogen) atoms. The van der Waals surface area contributed by atoms with Gasteiger partial charge in [-0.2, -0.15) is 0 Å². The molecule has 1 saturated heterocycles. The van der Waals surface area contributed by atoms with Gasteiger partial charge in [-0.3, -0.25) is 9.59 Å². The van der Waals surface area contributed by atoms with Crippen LogP contribution in [0.5, 0.6) is 0 Å². The molecular formula is C16H24N2O4. The number of nitrogens with one attached hydrogen (secondary N) is 1. The first-order valence-electron chi connectivity index (χ1n) is 7.76. The lowest BCUT2D eigenvalue weighted by molar-refractivity contribution is -0.140. The van der Waals surface area contributed by atoms with E-state index in [1.807, 2.05) is 13.8 Å². The molecule has 122 valence electrons. The van der Waals surface area contributed by atoms with Crippen molar-refractivity contribution >= 4 is 11.8 Å². The van der Waals surface area contributed by atoms with Crippen LogP contribution in [0.25, 0.3) is 0 Å². The van der Waals surface area contributed by atoms with Crippen LogP contribution in [-0.2, 0) is 16.1 Å². The minimum atomic E-state index is -0.667. The Balaban J connectivity index is 1.89. The lowest BCUT2D eigenvalue weighted by atomic mass is 10.0. The summed E-state index contributed by atoms with van der Waals surface area (Å²) in [5, 5.41) is 12.6. The van der Waals surface area contributed by atoms with Gasteiger partial charge >= 0.3 is 0 Å². The van der Waals surface area contributed by atoms with Crippen molar-refractivity contribution in [3.63, 3.8) is 0 Å². The van der Waals surface area contributed by atoms with E-state index in [1.165, 1.54) is 0 Å². The summed E-state index contributed by atoms with van der Waals surface area (Å²) in [6.07, 6.45) is 2.43. The van der Waals surface area contributed by atoms with Gasteiger partial charge in [0.05, 0.1) is 25.3 Å². The van der Waals surface area contributed by atoms with Crippen LogP contribution in [0, 0.1) is 5.92 Å². The zero-order chi connectivity index (χ0) is 16.1. The fourth-order valence-electron chi connectivity index (χ4n) is 2.57. The molecule has 2 rings (SSSR count). The molecule has 0 aromatic carbocycles. The Labute approximate surface area is 130 Å². The summed E-state index contributed by atoms with van der Waals surface area (Å²) in [4.78, 5) is 26.1. The number of rotatable bonds is 6. The van der Waals surface area contributed by atoms with Crippen molar-refractivity contribution in [1.82, 2.24) is 10.2 Å². The number of amides is 2. The van der Waals surface area contributed by atoms with Gasteiger partial charge in [0, 0.05) is 6.54 Å². The van der Waals surface area contributed by atoms with Crippen LogP contribution in [0.15, 0.2) is 22.8 Å². The van der Waals surface area contributed by atoms with E-state index in [2.05, 4.69) is 5.32 Å². The minimum absolute atomic E-state index is 0.0257. The van der Waals surface area contributed by atoms with Gasteiger partial charge < -0.3 is 19.7 Å². The van der Waals surface area contributed by atoms with Gasteiger partial charge in [0.1, 0.15) is 11.8 Å². The maximum absolute atomic E-state index is 12.3. The van der Waals surface area contributed by atoms with E-state index in [9.17, 15) is 14.7 Å². The number of aliphatic hydroxyl groups excluding tert-OH is 1. The highest BCUT2D eigenvalue weighted by Gasteiger charge is 2.34. The third-order valence-corrected chi connectivity index (χ3v) is 4.05. The van der Waals surface area contributed by atoms with Crippen molar-refractivity contribution in [2.24, 2.45) is 5.92 Å². The number of furan rings is 1. The predicted molar refractivity (Wildman–Crippen MR) is 80.8 cm³/mol. The summed E-state index contributed by atoms with van der Waals surface area (Å²) >= 11 is 0. The number of carbonyl (C=O) groups is 2. The highest BCUT2D eigenvalue weighted by atomic mass is 16.3. The molecule has 1 aromatic heterocycles. The molecule has 1 aliphatic rings. The molecule has 2 amide bonds.